The van der Waals surface area contributed by atoms with Gasteiger partial charge in [0.2, 0.25) is 0 Å². The molecule has 1 fully saturated rings. The number of hydrogen-bond acceptors (Lipinski definition) is 3. The maximum absolute atomic E-state index is 4.80. The first-order valence-electron chi connectivity index (χ1n) is 8.11. The number of rotatable bonds is 6. The van der Waals surface area contributed by atoms with E-state index in [1.165, 1.54) is 37.9 Å². The molecule has 0 radical (unpaired) electrons. The molecule has 2 rings (SSSR count). The standard InChI is InChI=1S/C17H29N3/c1-4-17-10-5-6-11-20(17)13-16-9-7-8-15(19-16)12-18-14(2)3/h7-9,14,17-18H,4-6,10-13H2,1-3H3. The van der Waals surface area contributed by atoms with Crippen LogP contribution >= 0.6 is 0 Å². The van der Waals surface area contributed by atoms with Crippen molar-refractivity contribution >= 4 is 0 Å². The molecule has 2 heterocycles. The molecule has 0 saturated carbocycles. The molecule has 0 aromatic carbocycles. The number of piperidine rings is 1. The summed E-state index contributed by atoms with van der Waals surface area (Å²) in [5.74, 6) is 0. The van der Waals surface area contributed by atoms with Crippen LogP contribution in [0.1, 0.15) is 57.8 Å². The number of likely N-dealkylation sites (tertiary alicyclic amines) is 1. The molecule has 0 spiro atoms. The van der Waals surface area contributed by atoms with Gasteiger partial charge in [0.15, 0.2) is 0 Å². The zero-order chi connectivity index (χ0) is 14.4. The van der Waals surface area contributed by atoms with Gasteiger partial charge < -0.3 is 5.32 Å². The van der Waals surface area contributed by atoms with E-state index in [-0.39, 0.29) is 0 Å². The largest absolute Gasteiger partial charge is 0.309 e. The third kappa shape index (κ3) is 4.57. The molecule has 112 valence electrons. The number of pyridine rings is 1. The van der Waals surface area contributed by atoms with Gasteiger partial charge in [0.1, 0.15) is 0 Å². The van der Waals surface area contributed by atoms with Crippen LogP contribution in [0, 0.1) is 0 Å². The van der Waals surface area contributed by atoms with E-state index in [1.54, 1.807) is 0 Å². The van der Waals surface area contributed by atoms with Gasteiger partial charge in [0.25, 0.3) is 0 Å². The van der Waals surface area contributed by atoms with Gasteiger partial charge in [-0.3, -0.25) is 9.88 Å². The van der Waals surface area contributed by atoms with E-state index in [0.29, 0.717) is 6.04 Å². The first-order valence-corrected chi connectivity index (χ1v) is 8.11. The van der Waals surface area contributed by atoms with Crippen LogP contribution in [0.2, 0.25) is 0 Å². The number of aromatic nitrogens is 1. The first-order chi connectivity index (χ1) is 9.69. The molecule has 1 saturated heterocycles. The summed E-state index contributed by atoms with van der Waals surface area (Å²) >= 11 is 0. The lowest BCUT2D eigenvalue weighted by molar-refractivity contribution is 0.134. The Balaban J connectivity index is 1.96. The van der Waals surface area contributed by atoms with E-state index in [2.05, 4.69) is 49.2 Å². The highest BCUT2D eigenvalue weighted by Crippen LogP contribution is 2.21. The molecular weight excluding hydrogens is 246 g/mol. The third-order valence-corrected chi connectivity index (χ3v) is 4.14. The smallest absolute Gasteiger partial charge is 0.0547 e. The average molecular weight is 275 g/mol. The van der Waals surface area contributed by atoms with Crippen LogP contribution in [0.3, 0.4) is 0 Å². The second kappa shape index (κ2) is 7.75. The van der Waals surface area contributed by atoms with Crippen molar-refractivity contribution in [3.8, 4) is 0 Å². The normalized spacial score (nSPS) is 20.5. The molecule has 0 bridgehead atoms. The van der Waals surface area contributed by atoms with Crippen molar-refractivity contribution in [3.63, 3.8) is 0 Å². The monoisotopic (exact) mass is 275 g/mol. The van der Waals surface area contributed by atoms with Crippen LogP contribution in [-0.2, 0) is 13.1 Å². The van der Waals surface area contributed by atoms with Crippen molar-refractivity contribution in [2.45, 2.75) is 71.6 Å². The van der Waals surface area contributed by atoms with Crippen LogP contribution in [-0.4, -0.2) is 28.5 Å². The predicted molar refractivity (Wildman–Crippen MR) is 84.6 cm³/mol. The topological polar surface area (TPSA) is 28.2 Å². The summed E-state index contributed by atoms with van der Waals surface area (Å²) in [5.41, 5.74) is 2.37. The zero-order valence-corrected chi connectivity index (χ0v) is 13.2. The van der Waals surface area contributed by atoms with E-state index in [9.17, 15) is 0 Å². The lowest BCUT2D eigenvalue weighted by Crippen LogP contribution is -2.38. The van der Waals surface area contributed by atoms with Gasteiger partial charge in [-0.1, -0.05) is 33.3 Å². The second-order valence-corrected chi connectivity index (χ2v) is 6.18. The molecule has 1 atom stereocenters. The number of nitrogens with zero attached hydrogens (tertiary/aromatic N) is 2. The van der Waals surface area contributed by atoms with Crippen molar-refractivity contribution < 1.29 is 0 Å². The minimum atomic E-state index is 0.507. The Morgan fingerprint density at radius 1 is 1.30 bits per heavy atom. The van der Waals surface area contributed by atoms with E-state index >= 15 is 0 Å². The molecule has 0 amide bonds. The van der Waals surface area contributed by atoms with Crippen molar-refractivity contribution in [2.24, 2.45) is 0 Å². The van der Waals surface area contributed by atoms with Crippen LogP contribution < -0.4 is 5.32 Å². The fourth-order valence-corrected chi connectivity index (χ4v) is 2.96. The van der Waals surface area contributed by atoms with E-state index in [1.807, 2.05) is 0 Å². The Hall–Kier alpha value is -0.930. The summed E-state index contributed by atoms with van der Waals surface area (Å²) in [7, 11) is 0. The SMILES string of the molecule is CCC1CCCCN1Cc1cccc(CNC(C)C)n1. The van der Waals surface area contributed by atoms with Gasteiger partial charge in [-0.25, -0.2) is 0 Å². The van der Waals surface area contributed by atoms with Crippen molar-refractivity contribution in [3.05, 3.63) is 29.6 Å². The van der Waals surface area contributed by atoms with Crippen molar-refractivity contribution in [2.75, 3.05) is 6.54 Å². The molecule has 1 aromatic heterocycles. The van der Waals surface area contributed by atoms with Gasteiger partial charge >= 0.3 is 0 Å². The molecule has 0 aliphatic carbocycles. The van der Waals surface area contributed by atoms with Gasteiger partial charge in [0.05, 0.1) is 11.4 Å². The minimum Gasteiger partial charge on any atom is -0.309 e. The summed E-state index contributed by atoms with van der Waals surface area (Å²) in [4.78, 5) is 7.42. The Bertz CT molecular complexity index is 403. The van der Waals surface area contributed by atoms with Gasteiger partial charge in [-0.15, -0.1) is 0 Å². The van der Waals surface area contributed by atoms with Crippen LogP contribution in [0.25, 0.3) is 0 Å². The molecule has 3 heteroatoms. The van der Waals surface area contributed by atoms with E-state index < -0.39 is 0 Å². The summed E-state index contributed by atoms with van der Waals surface area (Å²) in [6, 6.07) is 7.69. The number of hydrogen-bond donors (Lipinski definition) is 1. The van der Waals surface area contributed by atoms with E-state index in [4.69, 9.17) is 4.98 Å². The minimum absolute atomic E-state index is 0.507. The highest BCUT2D eigenvalue weighted by atomic mass is 15.2. The summed E-state index contributed by atoms with van der Waals surface area (Å²) in [6.07, 6.45) is 5.34. The van der Waals surface area contributed by atoms with Gasteiger partial charge in [-0.05, 0) is 37.9 Å². The Morgan fingerprint density at radius 3 is 2.85 bits per heavy atom. The van der Waals surface area contributed by atoms with Gasteiger partial charge in [-0.2, -0.15) is 0 Å². The van der Waals surface area contributed by atoms with E-state index in [0.717, 1.165) is 24.8 Å². The number of nitrogens with one attached hydrogen (secondary N) is 1. The fourth-order valence-electron chi connectivity index (χ4n) is 2.96. The molecular formula is C17H29N3. The Morgan fingerprint density at radius 2 is 2.10 bits per heavy atom. The van der Waals surface area contributed by atoms with Crippen LogP contribution in [0.15, 0.2) is 18.2 Å². The maximum atomic E-state index is 4.80. The summed E-state index contributed by atoms with van der Waals surface area (Å²) in [5, 5.41) is 3.44. The van der Waals surface area contributed by atoms with Crippen molar-refractivity contribution in [1.82, 2.24) is 15.2 Å². The molecule has 1 aromatic rings. The Kier molecular flexibility index (Phi) is 5.99. The quantitative estimate of drug-likeness (QED) is 0.863. The maximum Gasteiger partial charge on any atom is 0.0547 e. The first kappa shape index (κ1) is 15.5. The zero-order valence-electron chi connectivity index (χ0n) is 13.2. The van der Waals surface area contributed by atoms with Crippen LogP contribution in [0.4, 0.5) is 0 Å². The third-order valence-electron chi connectivity index (χ3n) is 4.14. The molecule has 1 unspecified atom stereocenters. The van der Waals surface area contributed by atoms with Crippen molar-refractivity contribution in [1.29, 1.82) is 0 Å². The Labute approximate surface area is 123 Å². The molecule has 20 heavy (non-hydrogen) atoms. The van der Waals surface area contributed by atoms with Gasteiger partial charge in [0, 0.05) is 25.2 Å². The summed E-state index contributed by atoms with van der Waals surface area (Å²) < 4.78 is 0. The lowest BCUT2D eigenvalue weighted by Gasteiger charge is -2.34. The predicted octanol–water partition coefficient (Wildman–Crippen LogP) is 3.34. The molecule has 1 N–H and O–H groups in total. The molecule has 1 aliphatic rings. The second-order valence-electron chi connectivity index (χ2n) is 6.18. The molecule has 3 nitrogen and oxygen atoms in total. The fraction of sp³-hybridized carbons (Fsp3) is 0.706. The molecule has 1 aliphatic heterocycles. The highest BCUT2D eigenvalue weighted by Gasteiger charge is 2.20. The highest BCUT2D eigenvalue weighted by molar-refractivity contribution is 5.11. The van der Waals surface area contributed by atoms with Crippen LogP contribution in [0.5, 0.6) is 0 Å². The lowest BCUT2D eigenvalue weighted by atomic mass is 10.00. The summed E-state index contributed by atoms with van der Waals surface area (Å²) in [6.45, 7) is 9.75. The average Bonchev–Trinajstić information content (AvgIpc) is 2.46.